The summed E-state index contributed by atoms with van der Waals surface area (Å²) in [4.78, 5) is 6.95. The smallest absolute Gasteiger partial charge is 0.132 e. The van der Waals surface area contributed by atoms with Crippen LogP contribution in [0.15, 0.2) is 18.3 Å². The van der Waals surface area contributed by atoms with Crippen LogP contribution in [0.3, 0.4) is 0 Å². The highest BCUT2D eigenvalue weighted by Gasteiger charge is 2.18. The molecule has 1 aromatic heterocycles. The van der Waals surface area contributed by atoms with Crippen LogP contribution in [0.2, 0.25) is 0 Å². The topological polar surface area (TPSA) is 16.1 Å². The molecule has 1 aromatic rings. The van der Waals surface area contributed by atoms with Crippen molar-refractivity contribution in [2.45, 2.75) is 44.9 Å². The Labute approximate surface area is 115 Å². The summed E-state index contributed by atoms with van der Waals surface area (Å²) in [6.45, 7) is 4.54. The summed E-state index contributed by atoms with van der Waals surface area (Å²) in [6.07, 6.45) is 8.50. The van der Waals surface area contributed by atoms with Crippen LogP contribution in [-0.2, 0) is 5.88 Å². The van der Waals surface area contributed by atoms with Crippen molar-refractivity contribution in [2.75, 3.05) is 18.0 Å². The standard InChI is InChI=1S/C15H23ClN2/c1-2-5-13-6-4-10-18(11-8-13)15-14(12-16)7-3-9-17-15/h3,7,9,13H,2,4-6,8,10-12H2,1H3. The Kier molecular flexibility index (Phi) is 5.30. The number of hydrogen-bond acceptors (Lipinski definition) is 2. The third-order valence-electron chi connectivity index (χ3n) is 3.86. The molecule has 1 aliphatic rings. The number of hydrogen-bond donors (Lipinski definition) is 0. The first-order valence-electron chi connectivity index (χ1n) is 7.10. The van der Waals surface area contributed by atoms with Gasteiger partial charge in [0.1, 0.15) is 5.82 Å². The van der Waals surface area contributed by atoms with Gasteiger partial charge in [0.2, 0.25) is 0 Å². The molecule has 1 fully saturated rings. The lowest BCUT2D eigenvalue weighted by atomic mass is 9.96. The molecule has 0 N–H and O–H groups in total. The third-order valence-corrected chi connectivity index (χ3v) is 4.14. The molecule has 1 unspecified atom stereocenters. The summed E-state index contributed by atoms with van der Waals surface area (Å²) in [5.41, 5.74) is 1.16. The number of rotatable bonds is 4. The summed E-state index contributed by atoms with van der Waals surface area (Å²) in [5, 5.41) is 0. The Hall–Kier alpha value is -0.760. The van der Waals surface area contributed by atoms with E-state index in [1.165, 1.54) is 32.1 Å². The van der Waals surface area contributed by atoms with E-state index in [-0.39, 0.29) is 0 Å². The summed E-state index contributed by atoms with van der Waals surface area (Å²) in [6, 6.07) is 4.06. The summed E-state index contributed by atoms with van der Waals surface area (Å²) in [7, 11) is 0. The van der Waals surface area contributed by atoms with E-state index in [0.29, 0.717) is 5.88 Å². The number of nitrogens with zero attached hydrogens (tertiary/aromatic N) is 2. The molecule has 2 rings (SSSR count). The average molecular weight is 267 g/mol. The molecule has 0 bridgehead atoms. The highest BCUT2D eigenvalue weighted by atomic mass is 35.5. The van der Waals surface area contributed by atoms with Gasteiger partial charge in [-0.2, -0.15) is 0 Å². The van der Waals surface area contributed by atoms with Crippen molar-refractivity contribution in [3.05, 3.63) is 23.9 Å². The molecule has 0 radical (unpaired) electrons. The van der Waals surface area contributed by atoms with E-state index in [2.05, 4.69) is 22.9 Å². The van der Waals surface area contributed by atoms with E-state index < -0.39 is 0 Å². The van der Waals surface area contributed by atoms with Crippen LogP contribution < -0.4 is 4.90 Å². The molecule has 1 saturated heterocycles. The van der Waals surface area contributed by atoms with Gasteiger partial charge < -0.3 is 4.90 Å². The third kappa shape index (κ3) is 3.38. The molecule has 0 saturated carbocycles. The Morgan fingerprint density at radius 3 is 3.06 bits per heavy atom. The van der Waals surface area contributed by atoms with Crippen molar-refractivity contribution in [2.24, 2.45) is 5.92 Å². The highest BCUT2D eigenvalue weighted by molar-refractivity contribution is 6.17. The van der Waals surface area contributed by atoms with Crippen molar-refractivity contribution in [1.82, 2.24) is 4.98 Å². The summed E-state index contributed by atoms with van der Waals surface area (Å²) >= 11 is 6.00. The summed E-state index contributed by atoms with van der Waals surface area (Å²) < 4.78 is 0. The van der Waals surface area contributed by atoms with Gasteiger partial charge >= 0.3 is 0 Å². The maximum atomic E-state index is 6.00. The molecular formula is C15H23ClN2. The lowest BCUT2D eigenvalue weighted by Gasteiger charge is -2.23. The van der Waals surface area contributed by atoms with Gasteiger partial charge in [-0.25, -0.2) is 4.98 Å². The second-order valence-electron chi connectivity index (χ2n) is 5.19. The van der Waals surface area contributed by atoms with Gasteiger partial charge in [-0.1, -0.05) is 25.8 Å². The first-order chi connectivity index (χ1) is 8.85. The molecule has 1 atom stereocenters. The van der Waals surface area contributed by atoms with Gasteiger partial charge in [-0.3, -0.25) is 0 Å². The number of anilines is 1. The average Bonchev–Trinajstić information content (AvgIpc) is 2.65. The molecule has 1 aliphatic heterocycles. The number of pyridine rings is 1. The van der Waals surface area contributed by atoms with Crippen molar-refractivity contribution < 1.29 is 0 Å². The number of alkyl halides is 1. The lowest BCUT2D eigenvalue weighted by molar-refractivity contribution is 0.435. The van der Waals surface area contributed by atoms with Crippen molar-refractivity contribution in [3.8, 4) is 0 Å². The van der Waals surface area contributed by atoms with E-state index in [9.17, 15) is 0 Å². The van der Waals surface area contributed by atoms with Gasteiger partial charge in [0, 0.05) is 24.8 Å². The Balaban J connectivity index is 2.05. The van der Waals surface area contributed by atoms with E-state index in [4.69, 9.17) is 11.6 Å². The van der Waals surface area contributed by atoms with Crippen LogP contribution in [0.5, 0.6) is 0 Å². The SMILES string of the molecule is CCCC1CCCN(c2ncccc2CCl)CC1. The fourth-order valence-electron chi connectivity index (χ4n) is 2.89. The van der Waals surface area contributed by atoms with Crippen LogP contribution in [0.1, 0.15) is 44.6 Å². The molecule has 100 valence electrons. The van der Waals surface area contributed by atoms with E-state index in [1.54, 1.807) is 0 Å². The van der Waals surface area contributed by atoms with Crippen LogP contribution in [0.25, 0.3) is 0 Å². The lowest BCUT2D eigenvalue weighted by Crippen LogP contribution is -2.26. The predicted molar refractivity (Wildman–Crippen MR) is 78.3 cm³/mol. The Bertz CT molecular complexity index is 367. The van der Waals surface area contributed by atoms with Gasteiger partial charge in [0.05, 0.1) is 5.88 Å². The molecule has 3 heteroatoms. The normalized spacial score (nSPS) is 20.8. The summed E-state index contributed by atoms with van der Waals surface area (Å²) in [5.74, 6) is 2.56. The van der Waals surface area contributed by atoms with Gasteiger partial charge in [-0.05, 0) is 31.2 Å². The zero-order chi connectivity index (χ0) is 12.8. The molecule has 0 amide bonds. The van der Waals surface area contributed by atoms with Crippen LogP contribution in [0.4, 0.5) is 5.82 Å². The fourth-order valence-corrected chi connectivity index (χ4v) is 3.10. The fraction of sp³-hybridized carbons (Fsp3) is 0.667. The number of aromatic nitrogens is 1. The zero-order valence-electron chi connectivity index (χ0n) is 11.2. The van der Waals surface area contributed by atoms with Crippen LogP contribution in [0, 0.1) is 5.92 Å². The predicted octanol–water partition coefficient (Wildman–Crippen LogP) is 4.23. The quantitative estimate of drug-likeness (QED) is 0.759. The minimum atomic E-state index is 0.554. The molecule has 0 aliphatic carbocycles. The molecule has 0 spiro atoms. The first kappa shape index (κ1) is 13.7. The van der Waals surface area contributed by atoms with Crippen molar-refractivity contribution in [1.29, 1.82) is 0 Å². The Morgan fingerprint density at radius 2 is 2.28 bits per heavy atom. The first-order valence-corrected chi connectivity index (χ1v) is 7.63. The second-order valence-corrected chi connectivity index (χ2v) is 5.46. The second kappa shape index (κ2) is 6.98. The van der Waals surface area contributed by atoms with Crippen LogP contribution in [-0.4, -0.2) is 18.1 Å². The Morgan fingerprint density at radius 1 is 1.39 bits per heavy atom. The van der Waals surface area contributed by atoms with Crippen molar-refractivity contribution in [3.63, 3.8) is 0 Å². The minimum absolute atomic E-state index is 0.554. The molecular weight excluding hydrogens is 244 g/mol. The van der Waals surface area contributed by atoms with Crippen LogP contribution >= 0.6 is 11.6 Å². The van der Waals surface area contributed by atoms with Gasteiger partial charge in [0.15, 0.2) is 0 Å². The monoisotopic (exact) mass is 266 g/mol. The molecule has 2 heterocycles. The maximum absolute atomic E-state index is 6.00. The van der Waals surface area contributed by atoms with Gasteiger partial charge in [-0.15, -0.1) is 11.6 Å². The minimum Gasteiger partial charge on any atom is -0.356 e. The van der Waals surface area contributed by atoms with Gasteiger partial charge in [0.25, 0.3) is 0 Å². The number of halogens is 1. The molecule has 2 nitrogen and oxygen atoms in total. The highest BCUT2D eigenvalue weighted by Crippen LogP contribution is 2.26. The van der Waals surface area contributed by atoms with Crippen molar-refractivity contribution >= 4 is 17.4 Å². The van der Waals surface area contributed by atoms with E-state index >= 15 is 0 Å². The maximum Gasteiger partial charge on any atom is 0.132 e. The largest absolute Gasteiger partial charge is 0.356 e. The van der Waals surface area contributed by atoms with E-state index in [0.717, 1.165) is 30.4 Å². The molecule has 0 aromatic carbocycles. The zero-order valence-corrected chi connectivity index (χ0v) is 12.0. The van der Waals surface area contributed by atoms with E-state index in [1.807, 2.05) is 12.3 Å². The molecule has 18 heavy (non-hydrogen) atoms.